The molecule has 1 aliphatic carbocycles. The Hall–Kier alpha value is -2.07. The minimum atomic E-state index is -0.193. The fraction of sp³-hybridized carbons (Fsp3) is 0.250. The van der Waals surface area contributed by atoms with Crippen LogP contribution in [0.1, 0.15) is 35.6 Å². The number of benzene rings is 1. The lowest BCUT2D eigenvalue weighted by atomic mass is 10.2. The number of anilines is 1. The molecule has 4 nitrogen and oxygen atoms in total. The van der Waals surface area contributed by atoms with E-state index in [-0.39, 0.29) is 5.91 Å². The highest BCUT2D eigenvalue weighted by atomic mass is 35.5. The second-order valence-electron chi connectivity index (χ2n) is 5.26. The highest BCUT2D eigenvalue weighted by molar-refractivity contribution is 6.30. The Morgan fingerprint density at radius 2 is 2.10 bits per heavy atom. The van der Waals surface area contributed by atoms with Gasteiger partial charge in [0.2, 0.25) is 5.91 Å². The standard InChI is InChI=1S/C16H16ClN3O/c1-10-15(12-5-6-12)19-20-16(10)18-14(21)9-4-11-2-7-13(17)8-3-11/h2-4,7-9,12H,5-6H2,1H3,(H2,18,19,20,21)/b9-4+. The van der Waals surface area contributed by atoms with Crippen molar-refractivity contribution in [2.24, 2.45) is 0 Å². The number of nitrogens with one attached hydrogen (secondary N) is 2. The fourth-order valence-corrected chi connectivity index (χ4v) is 2.33. The molecule has 108 valence electrons. The molecule has 0 saturated heterocycles. The number of rotatable bonds is 4. The van der Waals surface area contributed by atoms with Crippen molar-refractivity contribution >= 4 is 29.4 Å². The van der Waals surface area contributed by atoms with Gasteiger partial charge in [0.05, 0.1) is 0 Å². The number of carbonyl (C=O) groups is 1. The van der Waals surface area contributed by atoms with Gasteiger partial charge in [-0.25, -0.2) is 0 Å². The number of hydrogen-bond acceptors (Lipinski definition) is 2. The van der Waals surface area contributed by atoms with E-state index in [1.807, 2.05) is 19.1 Å². The number of nitrogens with zero attached hydrogens (tertiary/aromatic N) is 1. The summed E-state index contributed by atoms with van der Waals surface area (Å²) in [6, 6.07) is 7.30. The first-order valence-corrected chi connectivity index (χ1v) is 7.31. The number of aromatic amines is 1. The van der Waals surface area contributed by atoms with Crippen LogP contribution in [0.3, 0.4) is 0 Å². The lowest BCUT2D eigenvalue weighted by Crippen LogP contribution is -2.09. The van der Waals surface area contributed by atoms with E-state index in [2.05, 4.69) is 15.5 Å². The van der Waals surface area contributed by atoms with Crippen molar-refractivity contribution in [1.29, 1.82) is 0 Å². The van der Waals surface area contributed by atoms with E-state index in [0.717, 1.165) is 16.8 Å². The summed E-state index contributed by atoms with van der Waals surface area (Å²) in [5.74, 6) is 1.01. The highest BCUT2D eigenvalue weighted by Crippen LogP contribution is 2.41. The van der Waals surface area contributed by atoms with Crippen LogP contribution in [0.25, 0.3) is 6.08 Å². The molecule has 1 fully saturated rings. The number of amides is 1. The average molecular weight is 302 g/mol. The van der Waals surface area contributed by atoms with Gasteiger partial charge in [-0.1, -0.05) is 23.7 Å². The molecule has 1 aromatic heterocycles. The van der Waals surface area contributed by atoms with Crippen LogP contribution in [-0.4, -0.2) is 16.1 Å². The minimum absolute atomic E-state index is 0.193. The van der Waals surface area contributed by atoms with Gasteiger partial charge in [-0.15, -0.1) is 0 Å². The molecule has 0 aliphatic heterocycles. The predicted molar refractivity (Wildman–Crippen MR) is 84.4 cm³/mol. The zero-order valence-electron chi connectivity index (χ0n) is 11.7. The van der Waals surface area contributed by atoms with Crippen molar-refractivity contribution < 1.29 is 4.79 Å². The van der Waals surface area contributed by atoms with E-state index in [4.69, 9.17) is 11.6 Å². The Balaban J connectivity index is 1.64. The minimum Gasteiger partial charge on any atom is -0.305 e. The maximum atomic E-state index is 11.9. The van der Waals surface area contributed by atoms with Gasteiger partial charge in [0.1, 0.15) is 0 Å². The van der Waals surface area contributed by atoms with E-state index >= 15 is 0 Å². The third kappa shape index (κ3) is 3.34. The molecule has 2 aromatic rings. The SMILES string of the molecule is Cc1c(NC(=O)/C=C/c2ccc(Cl)cc2)n[nH]c1C1CC1. The number of hydrogen-bond donors (Lipinski definition) is 2. The van der Waals surface area contributed by atoms with Crippen LogP contribution in [0.15, 0.2) is 30.3 Å². The van der Waals surface area contributed by atoms with Crippen LogP contribution < -0.4 is 5.32 Å². The molecule has 0 bridgehead atoms. The van der Waals surface area contributed by atoms with Gasteiger partial charge in [-0.2, -0.15) is 5.10 Å². The van der Waals surface area contributed by atoms with Gasteiger partial charge >= 0.3 is 0 Å². The number of H-pyrrole nitrogens is 1. The molecule has 0 unspecified atom stereocenters. The second-order valence-corrected chi connectivity index (χ2v) is 5.70. The van der Waals surface area contributed by atoms with E-state index in [9.17, 15) is 4.79 Å². The maximum Gasteiger partial charge on any atom is 0.249 e. The van der Waals surface area contributed by atoms with E-state index in [1.54, 1.807) is 18.2 Å². The summed E-state index contributed by atoms with van der Waals surface area (Å²) >= 11 is 5.82. The molecular formula is C16H16ClN3O. The van der Waals surface area contributed by atoms with Crippen molar-refractivity contribution in [2.45, 2.75) is 25.7 Å². The highest BCUT2D eigenvalue weighted by Gasteiger charge is 2.28. The van der Waals surface area contributed by atoms with Crippen LogP contribution in [0, 0.1) is 6.92 Å². The Bertz CT molecular complexity index is 684. The van der Waals surface area contributed by atoms with E-state index in [1.165, 1.54) is 18.9 Å². The van der Waals surface area contributed by atoms with Crippen molar-refractivity contribution in [1.82, 2.24) is 10.2 Å². The summed E-state index contributed by atoms with van der Waals surface area (Å²) in [6.07, 6.45) is 5.64. The molecule has 3 rings (SSSR count). The smallest absolute Gasteiger partial charge is 0.249 e. The summed E-state index contributed by atoms with van der Waals surface area (Å²) in [5.41, 5.74) is 3.10. The van der Waals surface area contributed by atoms with E-state index < -0.39 is 0 Å². The second kappa shape index (κ2) is 5.74. The van der Waals surface area contributed by atoms with Crippen molar-refractivity contribution in [2.75, 3.05) is 5.32 Å². The molecule has 0 atom stereocenters. The van der Waals surface area contributed by atoms with Crippen LogP contribution in [0.2, 0.25) is 5.02 Å². The van der Waals surface area contributed by atoms with Crippen LogP contribution in [0.4, 0.5) is 5.82 Å². The summed E-state index contributed by atoms with van der Waals surface area (Å²) in [4.78, 5) is 11.9. The molecule has 1 saturated carbocycles. The Kier molecular flexibility index (Phi) is 3.80. The molecule has 1 aromatic carbocycles. The normalized spacial score (nSPS) is 14.6. The Morgan fingerprint density at radius 3 is 2.76 bits per heavy atom. The van der Waals surface area contributed by atoms with Crippen molar-refractivity contribution in [3.05, 3.63) is 52.2 Å². The first-order chi connectivity index (χ1) is 10.1. The summed E-state index contributed by atoms with van der Waals surface area (Å²) < 4.78 is 0. The summed E-state index contributed by atoms with van der Waals surface area (Å²) in [7, 11) is 0. The number of halogens is 1. The molecule has 1 amide bonds. The monoisotopic (exact) mass is 301 g/mol. The zero-order valence-corrected chi connectivity index (χ0v) is 12.4. The van der Waals surface area contributed by atoms with Crippen molar-refractivity contribution in [3.63, 3.8) is 0 Å². The van der Waals surface area contributed by atoms with Crippen LogP contribution in [0.5, 0.6) is 0 Å². The lowest BCUT2D eigenvalue weighted by molar-refractivity contribution is -0.111. The number of aromatic nitrogens is 2. The molecular weight excluding hydrogens is 286 g/mol. The maximum absolute atomic E-state index is 11.9. The quantitative estimate of drug-likeness (QED) is 0.841. The molecule has 1 aliphatic rings. The topological polar surface area (TPSA) is 57.8 Å². The van der Waals surface area contributed by atoms with Gasteiger partial charge in [0.25, 0.3) is 0 Å². The largest absolute Gasteiger partial charge is 0.305 e. The third-order valence-electron chi connectivity index (χ3n) is 3.57. The van der Waals surface area contributed by atoms with Gasteiger partial charge in [0, 0.05) is 28.3 Å². The van der Waals surface area contributed by atoms with Crippen molar-refractivity contribution in [3.8, 4) is 0 Å². The van der Waals surface area contributed by atoms with Crippen LogP contribution >= 0.6 is 11.6 Å². The van der Waals surface area contributed by atoms with E-state index in [0.29, 0.717) is 16.8 Å². The summed E-state index contributed by atoms with van der Waals surface area (Å²) in [5, 5.41) is 10.7. The Labute approximate surface area is 128 Å². The fourth-order valence-electron chi connectivity index (χ4n) is 2.21. The third-order valence-corrected chi connectivity index (χ3v) is 3.82. The molecule has 2 N–H and O–H groups in total. The number of carbonyl (C=O) groups excluding carboxylic acids is 1. The van der Waals surface area contributed by atoms with Gasteiger partial charge in [0.15, 0.2) is 5.82 Å². The first-order valence-electron chi connectivity index (χ1n) is 6.93. The molecule has 1 heterocycles. The molecule has 21 heavy (non-hydrogen) atoms. The molecule has 5 heteroatoms. The molecule has 0 spiro atoms. The van der Waals surface area contributed by atoms with Gasteiger partial charge < -0.3 is 5.32 Å². The average Bonchev–Trinajstić information content (AvgIpc) is 3.25. The van der Waals surface area contributed by atoms with Crippen LogP contribution in [-0.2, 0) is 4.79 Å². The lowest BCUT2D eigenvalue weighted by Gasteiger charge is -2.00. The summed E-state index contributed by atoms with van der Waals surface area (Å²) in [6.45, 7) is 1.98. The van der Waals surface area contributed by atoms with Gasteiger partial charge in [-0.3, -0.25) is 9.89 Å². The zero-order chi connectivity index (χ0) is 14.8. The molecule has 0 radical (unpaired) electrons. The first kappa shape index (κ1) is 13.9. The van der Waals surface area contributed by atoms with Gasteiger partial charge in [-0.05, 0) is 43.5 Å². The predicted octanol–water partition coefficient (Wildman–Crippen LogP) is 3.90. The Morgan fingerprint density at radius 1 is 1.38 bits per heavy atom.